The van der Waals surface area contributed by atoms with Gasteiger partial charge < -0.3 is 24.4 Å². The maximum absolute atomic E-state index is 5.95. The molecule has 1 aromatic rings. The van der Waals surface area contributed by atoms with Crippen LogP contribution in [0, 0.1) is 0 Å². The van der Waals surface area contributed by atoms with E-state index in [4.69, 9.17) is 14.2 Å². The quantitative estimate of drug-likeness (QED) is 0.429. The third-order valence-electron chi connectivity index (χ3n) is 5.25. The van der Waals surface area contributed by atoms with Crippen LogP contribution in [0.5, 0.6) is 5.75 Å². The molecule has 1 saturated heterocycles. The molecule has 1 fully saturated rings. The van der Waals surface area contributed by atoms with Gasteiger partial charge in [0.25, 0.3) is 0 Å². The predicted molar refractivity (Wildman–Crippen MR) is 108 cm³/mol. The molecule has 3 rings (SSSR count). The van der Waals surface area contributed by atoms with Gasteiger partial charge >= 0.3 is 0 Å². The monoisotopic (exact) mass is 375 g/mol. The molecule has 27 heavy (non-hydrogen) atoms. The molecule has 6 nitrogen and oxygen atoms in total. The first-order valence-corrected chi connectivity index (χ1v) is 10.1. The SMILES string of the molecule is CN=C(NCCc1ccc2c(c1)CCO2)N1CCC(OCCCOC)CC1. The lowest BCUT2D eigenvalue weighted by molar-refractivity contribution is 0.00992. The van der Waals surface area contributed by atoms with Crippen LogP contribution in [0.25, 0.3) is 0 Å². The number of nitrogens with zero attached hydrogens (tertiary/aromatic N) is 2. The molecule has 150 valence electrons. The summed E-state index contributed by atoms with van der Waals surface area (Å²) in [5.41, 5.74) is 2.69. The number of methoxy groups -OCH3 is 1. The van der Waals surface area contributed by atoms with Gasteiger partial charge in [-0.25, -0.2) is 0 Å². The van der Waals surface area contributed by atoms with Crippen LogP contribution < -0.4 is 10.1 Å². The first kappa shape index (κ1) is 20.0. The van der Waals surface area contributed by atoms with Crippen LogP contribution in [0.15, 0.2) is 23.2 Å². The molecule has 2 aliphatic heterocycles. The van der Waals surface area contributed by atoms with Gasteiger partial charge in [-0.05, 0) is 42.9 Å². The van der Waals surface area contributed by atoms with Gasteiger partial charge in [-0.1, -0.05) is 12.1 Å². The summed E-state index contributed by atoms with van der Waals surface area (Å²) in [4.78, 5) is 6.81. The molecule has 6 heteroatoms. The van der Waals surface area contributed by atoms with Gasteiger partial charge in [-0.2, -0.15) is 0 Å². The second kappa shape index (κ2) is 10.5. The van der Waals surface area contributed by atoms with Gasteiger partial charge in [-0.3, -0.25) is 4.99 Å². The van der Waals surface area contributed by atoms with Crippen molar-refractivity contribution in [1.82, 2.24) is 10.2 Å². The van der Waals surface area contributed by atoms with Crippen molar-refractivity contribution in [3.8, 4) is 5.75 Å². The molecule has 0 atom stereocenters. The molecular formula is C21H33N3O3. The van der Waals surface area contributed by atoms with Crippen molar-refractivity contribution in [2.45, 2.75) is 38.2 Å². The Morgan fingerprint density at radius 2 is 2.15 bits per heavy atom. The fourth-order valence-corrected chi connectivity index (χ4v) is 3.73. The number of rotatable bonds is 8. The molecular weight excluding hydrogens is 342 g/mol. The third kappa shape index (κ3) is 5.84. The Hall–Kier alpha value is -1.79. The number of piperidine rings is 1. The summed E-state index contributed by atoms with van der Waals surface area (Å²) in [6.07, 6.45) is 5.46. The van der Waals surface area contributed by atoms with E-state index in [0.29, 0.717) is 6.10 Å². The number of guanidine groups is 1. The number of benzene rings is 1. The number of aliphatic imine (C=N–C) groups is 1. The van der Waals surface area contributed by atoms with Gasteiger partial charge in [-0.15, -0.1) is 0 Å². The summed E-state index contributed by atoms with van der Waals surface area (Å²) >= 11 is 0. The first-order chi connectivity index (χ1) is 13.3. The van der Waals surface area contributed by atoms with E-state index >= 15 is 0 Å². The van der Waals surface area contributed by atoms with E-state index in [9.17, 15) is 0 Å². The number of likely N-dealkylation sites (tertiary alicyclic amines) is 1. The molecule has 0 saturated carbocycles. The maximum Gasteiger partial charge on any atom is 0.193 e. The van der Waals surface area contributed by atoms with Crippen LogP contribution in [0.3, 0.4) is 0 Å². The molecule has 0 spiro atoms. The molecule has 0 aromatic heterocycles. The summed E-state index contributed by atoms with van der Waals surface area (Å²) in [7, 11) is 3.60. The van der Waals surface area contributed by atoms with Crippen LogP contribution in [0.1, 0.15) is 30.4 Å². The minimum Gasteiger partial charge on any atom is -0.493 e. The molecule has 1 N–H and O–H groups in total. The highest BCUT2D eigenvalue weighted by atomic mass is 16.5. The zero-order valence-electron chi connectivity index (χ0n) is 16.7. The van der Waals surface area contributed by atoms with Gasteiger partial charge in [0.2, 0.25) is 0 Å². The van der Waals surface area contributed by atoms with Crippen LogP contribution in [0.4, 0.5) is 0 Å². The van der Waals surface area contributed by atoms with Crippen molar-refractivity contribution >= 4 is 5.96 Å². The number of hydrogen-bond acceptors (Lipinski definition) is 4. The molecule has 1 aromatic carbocycles. The average Bonchev–Trinajstić information content (AvgIpc) is 3.17. The minimum atomic E-state index is 0.366. The lowest BCUT2D eigenvalue weighted by Crippen LogP contribution is -2.47. The largest absolute Gasteiger partial charge is 0.493 e. The molecule has 0 bridgehead atoms. The predicted octanol–water partition coefficient (Wildman–Crippen LogP) is 2.26. The number of ether oxygens (including phenoxy) is 3. The fourth-order valence-electron chi connectivity index (χ4n) is 3.73. The molecule has 2 aliphatic rings. The van der Waals surface area contributed by atoms with Crippen molar-refractivity contribution in [3.63, 3.8) is 0 Å². The average molecular weight is 376 g/mol. The van der Waals surface area contributed by atoms with E-state index in [-0.39, 0.29) is 0 Å². The van der Waals surface area contributed by atoms with Crippen molar-refractivity contribution in [1.29, 1.82) is 0 Å². The van der Waals surface area contributed by atoms with Crippen LogP contribution >= 0.6 is 0 Å². The minimum absolute atomic E-state index is 0.366. The Labute approximate surface area is 162 Å². The van der Waals surface area contributed by atoms with Crippen LogP contribution in [-0.4, -0.2) is 70.6 Å². The zero-order chi connectivity index (χ0) is 18.9. The summed E-state index contributed by atoms with van der Waals surface area (Å²) < 4.78 is 16.6. The second-order valence-corrected chi connectivity index (χ2v) is 7.17. The Balaban J connectivity index is 1.37. The Kier molecular flexibility index (Phi) is 7.78. The van der Waals surface area contributed by atoms with Gasteiger partial charge in [0.1, 0.15) is 5.75 Å². The number of nitrogens with one attached hydrogen (secondary N) is 1. The van der Waals surface area contributed by atoms with Crippen molar-refractivity contribution in [2.75, 3.05) is 53.6 Å². The third-order valence-corrected chi connectivity index (χ3v) is 5.25. The standard InChI is InChI=1S/C21H33N3O3/c1-22-21(24-11-7-19(8-12-24)26-14-3-13-25-2)23-10-6-17-4-5-20-18(16-17)9-15-27-20/h4-5,16,19H,3,6-15H2,1-2H3,(H,22,23). The van der Waals surface area contributed by atoms with E-state index in [1.54, 1.807) is 7.11 Å². The normalized spacial score (nSPS) is 17.7. The second-order valence-electron chi connectivity index (χ2n) is 7.17. The number of fused-ring (bicyclic) bond motifs is 1. The Morgan fingerprint density at radius 1 is 1.30 bits per heavy atom. The maximum atomic E-state index is 5.95. The van der Waals surface area contributed by atoms with Crippen molar-refractivity contribution in [2.24, 2.45) is 4.99 Å². The van der Waals surface area contributed by atoms with E-state index in [2.05, 4.69) is 33.4 Å². The van der Waals surface area contributed by atoms with Gasteiger partial charge in [0.15, 0.2) is 5.96 Å². The Bertz CT molecular complexity index is 613. The van der Waals surface area contributed by atoms with E-state index < -0.39 is 0 Å². The summed E-state index contributed by atoms with van der Waals surface area (Å²) in [6, 6.07) is 6.55. The van der Waals surface area contributed by atoms with E-state index in [1.165, 1.54) is 11.1 Å². The zero-order valence-corrected chi connectivity index (χ0v) is 16.7. The smallest absolute Gasteiger partial charge is 0.193 e. The lowest BCUT2D eigenvalue weighted by Gasteiger charge is -2.34. The lowest BCUT2D eigenvalue weighted by atomic mass is 10.1. The van der Waals surface area contributed by atoms with Crippen LogP contribution in [-0.2, 0) is 22.3 Å². The van der Waals surface area contributed by atoms with Crippen molar-refractivity contribution in [3.05, 3.63) is 29.3 Å². The first-order valence-electron chi connectivity index (χ1n) is 10.1. The highest BCUT2D eigenvalue weighted by molar-refractivity contribution is 5.80. The molecule has 0 radical (unpaired) electrons. The highest BCUT2D eigenvalue weighted by Gasteiger charge is 2.21. The summed E-state index contributed by atoms with van der Waals surface area (Å²) in [6.45, 7) is 5.25. The molecule has 0 aliphatic carbocycles. The fraction of sp³-hybridized carbons (Fsp3) is 0.667. The molecule has 2 heterocycles. The molecule has 0 unspecified atom stereocenters. The van der Waals surface area contributed by atoms with Gasteiger partial charge in [0.05, 0.1) is 12.7 Å². The summed E-state index contributed by atoms with van der Waals surface area (Å²) in [5.74, 6) is 2.05. The number of hydrogen-bond donors (Lipinski definition) is 1. The Morgan fingerprint density at radius 3 is 2.93 bits per heavy atom. The van der Waals surface area contributed by atoms with Gasteiger partial charge in [0, 0.05) is 53.4 Å². The summed E-state index contributed by atoms with van der Waals surface area (Å²) in [5, 5.41) is 3.52. The van der Waals surface area contributed by atoms with E-state index in [0.717, 1.165) is 83.3 Å². The topological polar surface area (TPSA) is 55.3 Å². The highest BCUT2D eigenvalue weighted by Crippen LogP contribution is 2.25. The van der Waals surface area contributed by atoms with Crippen LogP contribution in [0.2, 0.25) is 0 Å². The van der Waals surface area contributed by atoms with E-state index in [1.807, 2.05) is 7.05 Å². The molecule has 0 amide bonds. The van der Waals surface area contributed by atoms with Crippen molar-refractivity contribution < 1.29 is 14.2 Å².